The second-order valence-corrected chi connectivity index (χ2v) is 4.17. The number of hydrogen-bond acceptors (Lipinski definition) is 4. The first-order valence-corrected chi connectivity index (χ1v) is 6.55. The van der Waals surface area contributed by atoms with Gasteiger partial charge in [-0.25, -0.2) is 4.39 Å². The van der Waals surface area contributed by atoms with Crippen molar-refractivity contribution in [2.24, 2.45) is 0 Å². The van der Waals surface area contributed by atoms with Gasteiger partial charge in [0.15, 0.2) is 11.6 Å². The van der Waals surface area contributed by atoms with Crippen molar-refractivity contribution in [2.45, 2.75) is 26.5 Å². The average molecular weight is 271 g/mol. The van der Waals surface area contributed by atoms with Gasteiger partial charge in [0.2, 0.25) is 0 Å². The summed E-state index contributed by atoms with van der Waals surface area (Å²) in [5.74, 6) is -0.269. The molecule has 0 amide bonds. The van der Waals surface area contributed by atoms with Crippen LogP contribution in [0.4, 0.5) is 4.39 Å². The van der Waals surface area contributed by atoms with Gasteiger partial charge in [-0.05, 0) is 31.2 Å². The minimum atomic E-state index is -0.749. The summed E-state index contributed by atoms with van der Waals surface area (Å²) in [6.45, 7) is 6.04. The lowest BCUT2D eigenvalue weighted by molar-refractivity contribution is 0.0157. The molecule has 0 aliphatic carbocycles. The largest absolute Gasteiger partial charge is 0.488 e. The van der Waals surface area contributed by atoms with Crippen LogP contribution in [0.2, 0.25) is 0 Å². The van der Waals surface area contributed by atoms with E-state index in [1.807, 2.05) is 13.8 Å². The van der Waals surface area contributed by atoms with Crippen molar-refractivity contribution in [2.75, 3.05) is 26.4 Å². The first-order chi connectivity index (χ1) is 9.17. The highest BCUT2D eigenvalue weighted by Gasteiger charge is 2.09. The molecule has 2 N–H and O–H groups in total. The highest BCUT2D eigenvalue weighted by atomic mass is 19.1. The molecule has 0 aliphatic heterocycles. The van der Waals surface area contributed by atoms with Gasteiger partial charge in [0.1, 0.15) is 12.7 Å². The van der Waals surface area contributed by atoms with E-state index in [2.05, 4.69) is 5.32 Å². The maximum atomic E-state index is 13.7. The van der Waals surface area contributed by atoms with Crippen LogP contribution in [0.15, 0.2) is 18.2 Å². The average Bonchev–Trinajstić information content (AvgIpc) is 2.41. The molecule has 1 unspecified atom stereocenters. The third kappa shape index (κ3) is 6.00. The third-order valence-electron chi connectivity index (χ3n) is 2.52. The van der Waals surface area contributed by atoms with E-state index in [0.29, 0.717) is 13.2 Å². The molecule has 5 heteroatoms. The van der Waals surface area contributed by atoms with Crippen LogP contribution in [-0.4, -0.2) is 37.6 Å². The van der Waals surface area contributed by atoms with Crippen LogP contribution >= 0.6 is 0 Å². The number of nitrogens with one attached hydrogen (secondary N) is 1. The van der Waals surface area contributed by atoms with Crippen molar-refractivity contribution in [3.05, 3.63) is 29.6 Å². The molecule has 4 nitrogen and oxygen atoms in total. The van der Waals surface area contributed by atoms with Crippen molar-refractivity contribution in [3.8, 4) is 5.75 Å². The number of ether oxygens (including phenoxy) is 2. The lowest BCUT2D eigenvalue weighted by atomic mass is 10.2. The fourth-order valence-corrected chi connectivity index (χ4v) is 1.53. The van der Waals surface area contributed by atoms with Gasteiger partial charge in [-0.3, -0.25) is 0 Å². The maximum Gasteiger partial charge on any atom is 0.165 e. The number of halogens is 1. The standard InChI is InChI=1S/C14H22FNO3/c1-3-16-8-11-5-6-14(13(15)7-11)19-10-12(17)9-18-4-2/h5-7,12,16-17H,3-4,8-10H2,1-2H3. The van der Waals surface area contributed by atoms with Crippen LogP contribution < -0.4 is 10.1 Å². The van der Waals surface area contributed by atoms with Gasteiger partial charge in [0.25, 0.3) is 0 Å². The summed E-state index contributed by atoms with van der Waals surface area (Å²) in [5, 5.41) is 12.6. The molecule has 1 aromatic rings. The topological polar surface area (TPSA) is 50.7 Å². The molecule has 0 radical (unpaired) electrons. The van der Waals surface area contributed by atoms with Crippen LogP contribution in [0.25, 0.3) is 0 Å². The number of hydrogen-bond donors (Lipinski definition) is 2. The molecule has 1 atom stereocenters. The van der Waals surface area contributed by atoms with Gasteiger partial charge < -0.3 is 19.9 Å². The monoisotopic (exact) mass is 271 g/mol. The summed E-state index contributed by atoms with van der Waals surface area (Å²) < 4.78 is 24.0. The second kappa shape index (κ2) is 8.85. The molecule has 0 saturated carbocycles. The summed E-state index contributed by atoms with van der Waals surface area (Å²) >= 11 is 0. The van der Waals surface area contributed by atoms with Crippen LogP contribution in [0.1, 0.15) is 19.4 Å². The molecule has 0 saturated heterocycles. The highest BCUT2D eigenvalue weighted by molar-refractivity contribution is 5.29. The van der Waals surface area contributed by atoms with E-state index in [9.17, 15) is 9.50 Å². The van der Waals surface area contributed by atoms with E-state index in [1.165, 1.54) is 6.07 Å². The zero-order chi connectivity index (χ0) is 14.1. The van der Waals surface area contributed by atoms with E-state index in [1.54, 1.807) is 12.1 Å². The summed E-state index contributed by atoms with van der Waals surface area (Å²) in [5.41, 5.74) is 0.863. The maximum absolute atomic E-state index is 13.7. The zero-order valence-electron chi connectivity index (χ0n) is 11.5. The molecule has 0 bridgehead atoms. The van der Waals surface area contributed by atoms with Crippen molar-refractivity contribution < 1.29 is 19.0 Å². The Morgan fingerprint density at radius 3 is 2.74 bits per heavy atom. The van der Waals surface area contributed by atoms with Crippen molar-refractivity contribution >= 4 is 0 Å². The summed E-state index contributed by atoms with van der Waals surface area (Å²) in [6, 6.07) is 4.82. The van der Waals surface area contributed by atoms with E-state index in [0.717, 1.165) is 12.1 Å². The fourth-order valence-electron chi connectivity index (χ4n) is 1.53. The molecule has 108 valence electrons. The van der Waals surface area contributed by atoms with E-state index in [-0.39, 0.29) is 19.0 Å². The molecule has 0 aromatic heterocycles. The predicted octanol–water partition coefficient (Wildman–Crippen LogP) is 1.71. The Balaban J connectivity index is 2.45. The van der Waals surface area contributed by atoms with Gasteiger partial charge in [0, 0.05) is 13.2 Å². The molecule has 0 spiro atoms. The van der Waals surface area contributed by atoms with Crippen molar-refractivity contribution in [1.82, 2.24) is 5.32 Å². The van der Waals surface area contributed by atoms with Crippen molar-refractivity contribution in [1.29, 1.82) is 0 Å². The molecular weight excluding hydrogens is 249 g/mol. The number of aliphatic hydroxyl groups excluding tert-OH is 1. The van der Waals surface area contributed by atoms with Gasteiger partial charge in [-0.2, -0.15) is 0 Å². The van der Waals surface area contributed by atoms with Crippen LogP contribution in [0.3, 0.4) is 0 Å². The first kappa shape index (κ1) is 15.9. The van der Waals surface area contributed by atoms with E-state index < -0.39 is 11.9 Å². The van der Waals surface area contributed by atoms with E-state index in [4.69, 9.17) is 9.47 Å². The zero-order valence-corrected chi connectivity index (χ0v) is 11.5. The Kier molecular flexibility index (Phi) is 7.40. The fraction of sp³-hybridized carbons (Fsp3) is 0.571. The first-order valence-electron chi connectivity index (χ1n) is 6.55. The summed E-state index contributed by atoms with van der Waals surface area (Å²) in [6.07, 6.45) is -0.749. The SMILES string of the molecule is CCNCc1ccc(OCC(O)COCC)c(F)c1. The van der Waals surface area contributed by atoms with E-state index >= 15 is 0 Å². The molecule has 1 rings (SSSR count). The number of aliphatic hydroxyl groups is 1. The van der Waals surface area contributed by atoms with Gasteiger partial charge >= 0.3 is 0 Å². The summed E-state index contributed by atoms with van der Waals surface area (Å²) in [7, 11) is 0. The molecule has 19 heavy (non-hydrogen) atoms. The normalized spacial score (nSPS) is 12.4. The minimum Gasteiger partial charge on any atom is -0.488 e. The second-order valence-electron chi connectivity index (χ2n) is 4.17. The Hall–Kier alpha value is -1.17. The third-order valence-corrected chi connectivity index (χ3v) is 2.52. The quantitative estimate of drug-likeness (QED) is 0.718. The highest BCUT2D eigenvalue weighted by Crippen LogP contribution is 2.18. The molecular formula is C14H22FNO3. The van der Waals surface area contributed by atoms with Gasteiger partial charge in [-0.1, -0.05) is 13.0 Å². The molecule has 0 fully saturated rings. The number of rotatable bonds is 9. The Bertz CT molecular complexity index is 374. The lowest BCUT2D eigenvalue weighted by Crippen LogP contribution is -2.23. The lowest BCUT2D eigenvalue weighted by Gasteiger charge is -2.13. The molecule has 0 aliphatic rings. The molecule has 0 heterocycles. The van der Waals surface area contributed by atoms with Crippen LogP contribution in [0.5, 0.6) is 5.75 Å². The Morgan fingerprint density at radius 2 is 2.11 bits per heavy atom. The Morgan fingerprint density at radius 1 is 1.32 bits per heavy atom. The summed E-state index contributed by atoms with van der Waals surface area (Å²) in [4.78, 5) is 0. The Labute approximate surface area is 113 Å². The van der Waals surface area contributed by atoms with Crippen molar-refractivity contribution in [3.63, 3.8) is 0 Å². The van der Waals surface area contributed by atoms with Gasteiger partial charge in [0.05, 0.1) is 6.61 Å². The smallest absolute Gasteiger partial charge is 0.165 e. The number of benzene rings is 1. The van der Waals surface area contributed by atoms with Gasteiger partial charge in [-0.15, -0.1) is 0 Å². The molecule has 1 aromatic carbocycles. The van der Waals surface area contributed by atoms with Crippen LogP contribution in [0, 0.1) is 5.82 Å². The van der Waals surface area contributed by atoms with Crippen LogP contribution in [-0.2, 0) is 11.3 Å². The minimum absolute atomic E-state index is 0.0173. The predicted molar refractivity (Wildman–Crippen MR) is 71.8 cm³/mol.